The van der Waals surface area contributed by atoms with E-state index in [4.69, 9.17) is 0 Å². The van der Waals surface area contributed by atoms with E-state index in [1.54, 1.807) is 6.92 Å². The van der Waals surface area contributed by atoms with E-state index in [-0.39, 0.29) is 12.1 Å². The Balaban J connectivity index is 2.02. The molecule has 17 heavy (non-hydrogen) atoms. The fraction of sp³-hybridized carbons (Fsp3) is 0.500. The zero-order chi connectivity index (χ0) is 12.6. The topological polar surface area (TPSA) is 55.2 Å². The van der Waals surface area contributed by atoms with E-state index in [1.165, 1.54) is 12.4 Å². The van der Waals surface area contributed by atoms with Crippen molar-refractivity contribution >= 4 is 5.91 Å². The van der Waals surface area contributed by atoms with Gasteiger partial charge in [-0.2, -0.15) is 0 Å². The molecule has 0 bridgehead atoms. The van der Waals surface area contributed by atoms with Crippen molar-refractivity contribution in [1.29, 1.82) is 0 Å². The van der Waals surface area contributed by atoms with Crippen molar-refractivity contribution in [2.24, 2.45) is 0 Å². The number of amides is 1. The molecular weight excluding hydrogens is 232 g/mol. The van der Waals surface area contributed by atoms with Crippen LogP contribution >= 0.6 is 0 Å². The molecule has 7 heteroatoms. The number of hydrogen-bond donors (Lipinski definition) is 0. The third-order valence-corrected chi connectivity index (χ3v) is 2.52. The van der Waals surface area contributed by atoms with Gasteiger partial charge in [-0.15, -0.1) is 0 Å². The van der Waals surface area contributed by atoms with Crippen LogP contribution in [0.25, 0.3) is 0 Å². The molecule has 0 unspecified atom stereocenters. The number of alkyl halides is 2. The second-order valence-electron chi connectivity index (χ2n) is 4.10. The third kappa shape index (κ3) is 2.48. The summed E-state index contributed by atoms with van der Waals surface area (Å²) >= 11 is 0. The van der Waals surface area contributed by atoms with E-state index in [2.05, 4.69) is 4.98 Å². The van der Waals surface area contributed by atoms with E-state index in [0.717, 1.165) is 9.47 Å². The number of nitrogens with zero attached hydrogens (tertiary/aromatic N) is 3. The van der Waals surface area contributed by atoms with Gasteiger partial charge in [0, 0.05) is 11.8 Å². The van der Waals surface area contributed by atoms with Gasteiger partial charge in [-0.1, -0.05) is 0 Å². The van der Waals surface area contributed by atoms with Crippen LogP contribution in [-0.2, 0) is 11.3 Å². The molecule has 5 nitrogen and oxygen atoms in total. The zero-order valence-electron chi connectivity index (χ0n) is 9.19. The molecule has 0 aliphatic carbocycles. The van der Waals surface area contributed by atoms with Gasteiger partial charge in [0.15, 0.2) is 0 Å². The molecule has 0 spiro atoms. The Labute approximate surface area is 95.7 Å². The van der Waals surface area contributed by atoms with Gasteiger partial charge in [0.05, 0.1) is 19.4 Å². The average molecular weight is 243 g/mol. The summed E-state index contributed by atoms with van der Waals surface area (Å²) in [7, 11) is 0. The maximum atomic E-state index is 12.5. The first-order valence-electron chi connectivity index (χ1n) is 5.06. The summed E-state index contributed by atoms with van der Waals surface area (Å²) in [4.78, 5) is 27.8. The van der Waals surface area contributed by atoms with Crippen LogP contribution in [0, 0.1) is 6.92 Å². The molecule has 1 aliphatic rings. The Kier molecular flexibility index (Phi) is 2.68. The lowest BCUT2D eigenvalue weighted by molar-refractivity contribution is -0.166. The van der Waals surface area contributed by atoms with Gasteiger partial charge in [-0.05, 0) is 6.92 Å². The largest absolute Gasteiger partial charge is 0.329 e. The Hall–Kier alpha value is -1.79. The third-order valence-electron chi connectivity index (χ3n) is 2.52. The van der Waals surface area contributed by atoms with Crippen LogP contribution in [0.15, 0.2) is 17.2 Å². The van der Waals surface area contributed by atoms with Crippen LogP contribution in [0.4, 0.5) is 8.78 Å². The van der Waals surface area contributed by atoms with Crippen LogP contribution in [0.3, 0.4) is 0 Å². The predicted octanol–water partition coefficient (Wildman–Crippen LogP) is 0.0292. The number of aryl methyl sites for hydroxylation is 1. The van der Waals surface area contributed by atoms with Gasteiger partial charge in [0.2, 0.25) is 5.91 Å². The fourth-order valence-corrected chi connectivity index (χ4v) is 1.57. The summed E-state index contributed by atoms with van der Waals surface area (Å²) < 4.78 is 26.2. The van der Waals surface area contributed by atoms with Gasteiger partial charge in [-0.25, -0.2) is 13.8 Å². The van der Waals surface area contributed by atoms with Gasteiger partial charge >= 0.3 is 0 Å². The number of halogens is 2. The van der Waals surface area contributed by atoms with Crippen molar-refractivity contribution in [1.82, 2.24) is 14.5 Å². The molecule has 1 aromatic rings. The average Bonchev–Trinajstić information content (AvgIpc) is 2.18. The summed E-state index contributed by atoms with van der Waals surface area (Å²) in [5.74, 6) is -3.28. The molecule has 1 aromatic heterocycles. The highest BCUT2D eigenvalue weighted by Crippen LogP contribution is 2.26. The SMILES string of the molecule is Cc1cc(=O)n(CC(=O)N2CC(F)(F)C2)cn1. The van der Waals surface area contributed by atoms with Gasteiger partial charge in [0.25, 0.3) is 11.5 Å². The minimum atomic E-state index is -2.79. The zero-order valence-corrected chi connectivity index (χ0v) is 9.19. The highest BCUT2D eigenvalue weighted by atomic mass is 19.3. The standard InChI is InChI=1S/C10H11F2N3O2/c1-7-2-8(16)14(6-13-7)3-9(17)15-4-10(11,12)5-15/h2,6H,3-5H2,1H3. The highest BCUT2D eigenvalue weighted by Gasteiger charge is 2.46. The fourth-order valence-electron chi connectivity index (χ4n) is 1.57. The van der Waals surface area contributed by atoms with Gasteiger partial charge < -0.3 is 4.90 Å². The number of carbonyl (C=O) groups excluding carboxylic acids is 1. The number of likely N-dealkylation sites (tertiary alicyclic amines) is 1. The molecule has 0 N–H and O–H groups in total. The minimum absolute atomic E-state index is 0.248. The number of hydrogen-bond acceptors (Lipinski definition) is 3. The van der Waals surface area contributed by atoms with Crippen molar-refractivity contribution in [3.63, 3.8) is 0 Å². The van der Waals surface area contributed by atoms with Crippen molar-refractivity contribution in [3.05, 3.63) is 28.4 Å². The summed E-state index contributed by atoms with van der Waals surface area (Å²) in [6.07, 6.45) is 1.24. The number of rotatable bonds is 2. The minimum Gasteiger partial charge on any atom is -0.329 e. The molecule has 0 radical (unpaired) electrons. The lowest BCUT2D eigenvalue weighted by Gasteiger charge is -2.38. The highest BCUT2D eigenvalue weighted by molar-refractivity contribution is 5.77. The second kappa shape index (κ2) is 3.90. The molecular formula is C10H11F2N3O2. The Bertz CT molecular complexity index is 505. The molecule has 0 aromatic carbocycles. The molecule has 2 rings (SSSR count). The van der Waals surface area contributed by atoms with Crippen LogP contribution < -0.4 is 5.56 Å². The van der Waals surface area contributed by atoms with E-state index in [0.29, 0.717) is 5.69 Å². The van der Waals surface area contributed by atoms with E-state index in [9.17, 15) is 18.4 Å². The van der Waals surface area contributed by atoms with Gasteiger partial charge in [-0.3, -0.25) is 14.2 Å². The van der Waals surface area contributed by atoms with Crippen molar-refractivity contribution < 1.29 is 13.6 Å². The maximum Gasteiger partial charge on any atom is 0.282 e. The summed E-state index contributed by atoms with van der Waals surface area (Å²) in [6.45, 7) is 0.269. The monoisotopic (exact) mass is 243 g/mol. The lowest BCUT2D eigenvalue weighted by atomic mass is 10.1. The second-order valence-corrected chi connectivity index (χ2v) is 4.10. The molecule has 1 fully saturated rings. The number of aromatic nitrogens is 2. The Morgan fingerprint density at radius 1 is 1.53 bits per heavy atom. The van der Waals surface area contributed by atoms with Gasteiger partial charge in [0.1, 0.15) is 6.54 Å². The Morgan fingerprint density at radius 2 is 2.18 bits per heavy atom. The molecule has 0 saturated carbocycles. The summed E-state index contributed by atoms with van der Waals surface area (Å²) in [5.41, 5.74) is 0.187. The quantitative estimate of drug-likeness (QED) is 0.736. The summed E-state index contributed by atoms with van der Waals surface area (Å²) in [6, 6.07) is 1.29. The maximum absolute atomic E-state index is 12.5. The number of carbonyl (C=O) groups is 1. The van der Waals surface area contributed by atoms with E-state index >= 15 is 0 Å². The smallest absolute Gasteiger partial charge is 0.282 e. The van der Waals surface area contributed by atoms with Crippen LogP contribution in [0.2, 0.25) is 0 Å². The molecule has 1 amide bonds. The van der Waals surface area contributed by atoms with E-state index in [1.807, 2.05) is 0 Å². The van der Waals surface area contributed by atoms with E-state index < -0.39 is 24.9 Å². The first-order chi connectivity index (χ1) is 7.87. The van der Waals surface area contributed by atoms with Crippen LogP contribution in [0.1, 0.15) is 5.69 Å². The lowest BCUT2D eigenvalue weighted by Crippen LogP contribution is -2.59. The first kappa shape index (κ1) is 11.7. The van der Waals surface area contributed by atoms with Crippen molar-refractivity contribution in [2.45, 2.75) is 19.4 Å². The molecule has 92 valence electrons. The molecule has 1 aliphatic heterocycles. The molecule has 0 atom stereocenters. The normalized spacial score (nSPS) is 17.7. The van der Waals surface area contributed by atoms with Crippen molar-refractivity contribution in [2.75, 3.05) is 13.1 Å². The van der Waals surface area contributed by atoms with Crippen LogP contribution in [0.5, 0.6) is 0 Å². The Morgan fingerprint density at radius 3 is 2.71 bits per heavy atom. The van der Waals surface area contributed by atoms with Crippen molar-refractivity contribution in [3.8, 4) is 0 Å². The van der Waals surface area contributed by atoms with Crippen LogP contribution in [-0.4, -0.2) is 39.4 Å². The summed E-state index contributed by atoms with van der Waals surface area (Å²) in [5, 5.41) is 0. The molecule has 2 heterocycles. The predicted molar refractivity (Wildman–Crippen MR) is 54.8 cm³/mol. The first-order valence-corrected chi connectivity index (χ1v) is 5.06. The molecule has 1 saturated heterocycles.